The minimum Gasteiger partial charge on any atom is -0.456 e. The maximum absolute atomic E-state index is 6.26. The molecule has 2 aliphatic rings. The van der Waals surface area contributed by atoms with Crippen LogP contribution in [0.3, 0.4) is 0 Å². The molecule has 1 nitrogen and oxygen atoms in total. The topological polar surface area (TPSA) is 13.1 Å². The van der Waals surface area contributed by atoms with E-state index in [1.807, 2.05) is 6.07 Å². The van der Waals surface area contributed by atoms with Crippen LogP contribution in [-0.4, -0.2) is 0 Å². The second-order valence-electron chi connectivity index (χ2n) is 20.3. The average Bonchev–Trinajstić information content (AvgIpc) is 3.94. The average molecular weight is 831 g/mol. The Morgan fingerprint density at radius 2 is 0.908 bits per heavy atom. The second kappa shape index (κ2) is 12.6. The molecular weight excluding hydrogens is 785 g/mol. The van der Waals surface area contributed by atoms with Gasteiger partial charge in [-0.25, -0.2) is 0 Å². The van der Waals surface area contributed by atoms with Crippen molar-refractivity contribution < 1.29 is 4.42 Å². The largest absolute Gasteiger partial charge is 0.456 e. The Hall–Kier alpha value is -7.48. The Morgan fingerprint density at radius 1 is 0.369 bits per heavy atom. The minimum atomic E-state index is -0.232. The maximum atomic E-state index is 6.26. The SMILES string of the molecule is CC(C)(C)C12c3c(ccc4cc(-c5cccc(-c6c7ccccc7c(-c7ccc8oc9ccccc9c8c7)c7ccccc67)c5)ccc34)-c3c1c1c(cccc1c1ccccc31)C2(C)C. The molecule has 0 amide bonds. The van der Waals surface area contributed by atoms with Crippen molar-refractivity contribution >= 4 is 75.8 Å². The van der Waals surface area contributed by atoms with E-state index in [0.717, 1.165) is 21.9 Å². The van der Waals surface area contributed by atoms with Gasteiger partial charge in [0, 0.05) is 21.6 Å². The van der Waals surface area contributed by atoms with E-state index in [1.54, 1.807) is 5.56 Å². The van der Waals surface area contributed by atoms with Crippen LogP contribution in [0.5, 0.6) is 0 Å². The van der Waals surface area contributed by atoms with E-state index in [2.05, 4.69) is 217 Å². The van der Waals surface area contributed by atoms with Gasteiger partial charge in [0.1, 0.15) is 11.2 Å². The molecule has 1 aromatic heterocycles. The first kappa shape index (κ1) is 36.9. The van der Waals surface area contributed by atoms with Crippen molar-refractivity contribution in [2.75, 3.05) is 0 Å². The van der Waals surface area contributed by atoms with Gasteiger partial charge in [0.05, 0.1) is 0 Å². The smallest absolute Gasteiger partial charge is 0.135 e. The highest BCUT2D eigenvalue weighted by Crippen LogP contribution is 2.73. The molecule has 0 radical (unpaired) electrons. The first-order valence-electron chi connectivity index (χ1n) is 23.2. The molecule has 12 aromatic rings. The first-order chi connectivity index (χ1) is 31.6. The van der Waals surface area contributed by atoms with Gasteiger partial charge in [-0.1, -0.05) is 192 Å². The molecule has 0 spiro atoms. The van der Waals surface area contributed by atoms with E-state index in [1.165, 1.54) is 109 Å². The lowest BCUT2D eigenvalue weighted by Crippen LogP contribution is -2.51. The fourth-order valence-electron chi connectivity index (χ4n) is 13.7. The van der Waals surface area contributed by atoms with Crippen LogP contribution in [0.4, 0.5) is 0 Å². The Labute approximate surface area is 378 Å². The van der Waals surface area contributed by atoms with Gasteiger partial charge in [-0.05, 0) is 151 Å². The third-order valence-electron chi connectivity index (χ3n) is 15.9. The second-order valence-corrected chi connectivity index (χ2v) is 20.3. The number of benzene rings is 11. The summed E-state index contributed by atoms with van der Waals surface area (Å²) in [7, 11) is 0. The summed E-state index contributed by atoms with van der Waals surface area (Å²) in [5.74, 6) is 0. The van der Waals surface area contributed by atoms with Gasteiger partial charge in [0.2, 0.25) is 0 Å². The van der Waals surface area contributed by atoms with Crippen molar-refractivity contribution in [3.63, 3.8) is 0 Å². The summed E-state index contributed by atoms with van der Waals surface area (Å²) in [6, 6.07) is 70.5. The van der Waals surface area contributed by atoms with Crippen LogP contribution in [-0.2, 0) is 10.8 Å². The van der Waals surface area contributed by atoms with Gasteiger partial charge in [-0.15, -0.1) is 0 Å². The summed E-state index contributed by atoms with van der Waals surface area (Å²) in [5, 5.41) is 15.5. The van der Waals surface area contributed by atoms with Gasteiger partial charge < -0.3 is 4.42 Å². The Kier molecular flexibility index (Phi) is 7.17. The number of hydrogen-bond acceptors (Lipinski definition) is 1. The van der Waals surface area contributed by atoms with E-state index < -0.39 is 0 Å². The molecule has 14 rings (SSSR count). The van der Waals surface area contributed by atoms with Gasteiger partial charge in [0.15, 0.2) is 0 Å². The molecule has 0 aliphatic heterocycles. The van der Waals surface area contributed by atoms with E-state index >= 15 is 0 Å². The number of hydrogen-bond donors (Lipinski definition) is 0. The van der Waals surface area contributed by atoms with Crippen LogP contribution in [0.1, 0.15) is 51.3 Å². The quantitative estimate of drug-likeness (QED) is 0.128. The maximum Gasteiger partial charge on any atom is 0.135 e. The summed E-state index contributed by atoms with van der Waals surface area (Å²) >= 11 is 0. The molecule has 308 valence electrons. The summed E-state index contributed by atoms with van der Waals surface area (Å²) < 4.78 is 6.26. The normalized spacial score (nSPS) is 16.3. The Balaban J connectivity index is 0.960. The lowest BCUT2D eigenvalue weighted by atomic mass is 9.50. The van der Waals surface area contributed by atoms with Crippen molar-refractivity contribution in [1.29, 1.82) is 0 Å². The molecule has 1 atom stereocenters. The molecule has 65 heavy (non-hydrogen) atoms. The molecule has 0 saturated carbocycles. The number of para-hydroxylation sites is 1. The van der Waals surface area contributed by atoms with Crippen molar-refractivity contribution in [2.45, 2.75) is 45.4 Å². The molecule has 0 saturated heterocycles. The van der Waals surface area contributed by atoms with E-state index in [4.69, 9.17) is 4.42 Å². The van der Waals surface area contributed by atoms with Crippen LogP contribution < -0.4 is 0 Å². The molecule has 11 aromatic carbocycles. The number of furan rings is 1. The van der Waals surface area contributed by atoms with Crippen molar-refractivity contribution in [3.05, 3.63) is 205 Å². The monoisotopic (exact) mass is 830 g/mol. The van der Waals surface area contributed by atoms with Crippen LogP contribution in [0, 0.1) is 5.41 Å². The van der Waals surface area contributed by atoms with Gasteiger partial charge in [-0.3, -0.25) is 0 Å². The summed E-state index contributed by atoms with van der Waals surface area (Å²) in [6.45, 7) is 12.5. The summed E-state index contributed by atoms with van der Waals surface area (Å²) in [5.41, 5.74) is 16.1. The molecule has 0 bridgehead atoms. The van der Waals surface area contributed by atoms with Gasteiger partial charge in [0.25, 0.3) is 0 Å². The fourth-order valence-corrected chi connectivity index (χ4v) is 13.7. The molecular formula is C64H46O. The van der Waals surface area contributed by atoms with Crippen LogP contribution >= 0.6 is 0 Å². The van der Waals surface area contributed by atoms with E-state index in [-0.39, 0.29) is 16.2 Å². The summed E-state index contributed by atoms with van der Waals surface area (Å²) in [6.07, 6.45) is 0. The lowest BCUT2D eigenvalue weighted by molar-refractivity contribution is 0.151. The number of rotatable bonds is 3. The molecule has 0 N–H and O–H groups in total. The summed E-state index contributed by atoms with van der Waals surface area (Å²) in [4.78, 5) is 0. The third kappa shape index (κ3) is 4.58. The van der Waals surface area contributed by atoms with Crippen molar-refractivity contribution in [1.82, 2.24) is 0 Å². The van der Waals surface area contributed by atoms with Crippen LogP contribution in [0.25, 0.3) is 120 Å². The molecule has 0 fully saturated rings. The molecule has 1 heterocycles. The fraction of sp³-hybridized carbons (Fsp3) is 0.125. The standard InChI is InChI=1S/C64H46O/c1-62(2,3)64-60-42-31-28-38(34-39(42)29-32-51(60)58-45-20-7-6-18-43(45)46-25-15-26-53(63(64,4)5)59(46)61(58)64)37-16-14-17-40(35-37)56-47-21-8-10-23-49(47)57(50-24-11-9-22-48(50)56)41-30-33-55-52(36-41)44-19-12-13-27-54(44)65-55/h6-36H,1-5H3. The first-order valence-corrected chi connectivity index (χ1v) is 23.2. The molecule has 1 unspecified atom stereocenters. The van der Waals surface area contributed by atoms with Gasteiger partial charge in [-0.2, -0.15) is 0 Å². The predicted octanol–water partition coefficient (Wildman–Crippen LogP) is 18.0. The Bertz CT molecular complexity index is 4020. The molecule has 2 aliphatic carbocycles. The highest BCUT2D eigenvalue weighted by molar-refractivity contribution is 6.24. The lowest BCUT2D eigenvalue weighted by Gasteiger charge is -2.51. The van der Waals surface area contributed by atoms with E-state index in [9.17, 15) is 0 Å². The van der Waals surface area contributed by atoms with Crippen LogP contribution in [0.15, 0.2) is 192 Å². The zero-order valence-corrected chi connectivity index (χ0v) is 37.3. The molecule has 1 heteroatoms. The highest BCUT2D eigenvalue weighted by atomic mass is 16.3. The zero-order chi connectivity index (χ0) is 43.6. The van der Waals surface area contributed by atoms with Crippen LogP contribution in [0.2, 0.25) is 0 Å². The zero-order valence-electron chi connectivity index (χ0n) is 37.3. The van der Waals surface area contributed by atoms with Gasteiger partial charge >= 0.3 is 0 Å². The van der Waals surface area contributed by atoms with Crippen molar-refractivity contribution in [2.24, 2.45) is 5.41 Å². The van der Waals surface area contributed by atoms with Crippen molar-refractivity contribution in [3.8, 4) is 44.5 Å². The van der Waals surface area contributed by atoms with E-state index in [0.29, 0.717) is 0 Å². The highest BCUT2D eigenvalue weighted by Gasteiger charge is 2.65. The third-order valence-corrected chi connectivity index (χ3v) is 15.9. The number of fused-ring (bicyclic) bond motifs is 13. The Morgan fingerprint density at radius 3 is 1.60 bits per heavy atom. The predicted molar refractivity (Wildman–Crippen MR) is 276 cm³/mol. The minimum absolute atomic E-state index is 0.0757.